The van der Waals surface area contributed by atoms with Gasteiger partial charge in [-0.2, -0.15) is 5.10 Å². The molecule has 0 aliphatic carbocycles. The Balaban J connectivity index is 2.26. The molecule has 0 aliphatic rings. The van der Waals surface area contributed by atoms with Crippen LogP contribution in [0.15, 0.2) is 24.4 Å². The van der Waals surface area contributed by atoms with Crippen LogP contribution in [0.5, 0.6) is 0 Å². The third-order valence-electron chi connectivity index (χ3n) is 3.11. The van der Waals surface area contributed by atoms with Crippen LogP contribution in [-0.4, -0.2) is 28.7 Å². The molecule has 1 aromatic heterocycles. The number of hydrogen-bond acceptors (Lipinski definition) is 3. The van der Waals surface area contributed by atoms with E-state index >= 15 is 0 Å². The van der Waals surface area contributed by atoms with Crippen molar-refractivity contribution in [3.8, 4) is 0 Å². The maximum absolute atomic E-state index is 12.1. The molecule has 2 aromatic rings. The minimum Gasteiger partial charge on any atom is -0.264 e. The maximum atomic E-state index is 12.1. The zero-order valence-corrected chi connectivity index (χ0v) is 14.2. The summed E-state index contributed by atoms with van der Waals surface area (Å²) in [6.07, 6.45) is 1.77. The maximum Gasteiger partial charge on any atom is 0.157 e. The summed E-state index contributed by atoms with van der Waals surface area (Å²) >= 11 is 2.24. The zero-order valence-electron chi connectivity index (χ0n) is 11.2. The van der Waals surface area contributed by atoms with Crippen molar-refractivity contribution >= 4 is 43.3 Å². The van der Waals surface area contributed by atoms with Gasteiger partial charge in [-0.15, -0.1) is 0 Å². The number of halogens is 1. The van der Waals surface area contributed by atoms with Gasteiger partial charge < -0.3 is 0 Å². The summed E-state index contributed by atoms with van der Waals surface area (Å²) in [6.45, 7) is 5.58. The smallest absolute Gasteiger partial charge is 0.157 e. The number of nitrogens with zero attached hydrogens (tertiary/aromatic N) is 2. The number of aryl methyl sites for hydroxylation is 1. The second-order valence-corrected chi connectivity index (χ2v) is 9.61. The van der Waals surface area contributed by atoms with Crippen molar-refractivity contribution < 1.29 is 8.42 Å². The first-order valence-corrected chi connectivity index (χ1v) is 8.77. The van der Waals surface area contributed by atoms with Crippen LogP contribution in [0.3, 0.4) is 0 Å². The van der Waals surface area contributed by atoms with E-state index < -0.39 is 14.6 Å². The molecule has 4 nitrogen and oxygen atoms in total. The highest BCUT2D eigenvalue weighted by Gasteiger charge is 2.28. The Morgan fingerprint density at radius 2 is 2.00 bits per heavy atom. The SMILES string of the molecule is CC(C)(C)S(=O)(=O)CCn1ncc2ccc(I)cc21. The van der Waals surface area contributed by atoms with E-state index in [0.717, 1.165) is 14.5 Å². The quantitative estimate of drug-likeness (QED) is 0.755. The molecule has 0 saturated heterocycles. The van der Waals surface area contributed by atoms with Crippen LogP contribution in [0.4, 0.5) is 0 Å². The number of hydrogen-bond donors (Lipinski definition) is 0. The normalized spacial score (nSPS) is 13.1. The van der Waals surface area contributed by atoms with Crippen molar-refractivity contribution in [3.05, 3.63) is 28.0 Å². The summed E-state index contributed by atoms with van der Waals surface area (Å²) < 4.78 is 26.4. The standard InChI is InChI=1S/C13H17IN2O2S/c1-13(2,3)19(17,18)7-6-16-12-8-11(14)5-4-10(12)9-15-16/h4-5,8-9H,6-7H2,1-3H3. The molecule has 19 heavy (non-hydrogen) atoms. The predicted octanol–water partition coefficient (Wildman–Crippen LogP) is 2.85. The number of fused-ring (bicyclic) bond motifs is 1. The molecule has 0 amide bonds. The highest BCUT2D eigenvalue weighted by molar-refractivity contribution is 14.1. The molecule has 0 atom stereocenters. The molecule has 1 heterocycles. The Hall–Kier alpha value is -0.630. The van der Waals surface area contributed by atoms with E-state index in [4.69, 9.17) is 0 Å². The third kappa shape index (κ3) is 3.10. The van der Waals surface area contributed by atoms with Gasteiger partial charge in [-0.05, 0) is 55.5 Å². The number of rotatable bonds is 3. The zero-order chi connectivity index (χ0) is 14.3. The van der Waals surface area contributed by atoms with Gasteiger partial charge >= 0.3 is 0 Å². The lowest BCUT2D eigenvalue weighted by molar-refractivity contribution is 0.550. The van der Waals surface area contributed by atoms with E-state index in [-0.39, 0.29) is 5.75 Å². The fourth-order valence-corrected chi connectivity index (χ4v) is 3.24. The molecule has 0 fully saturated rings. The summed E-state index contributed by atoms with van der Waals surface area (Å²) in [4.78, 5) is 0. The Kier molecular flexibility index (Phi) is 3.92. The lowest BCUT2D eigenvalue weighted by atomic mass is 10.3. The Bertz CT molecular complexity index is 699. The Morgan fingerprint density at radius 1 is 1.32 bits per heavy atom. The summed E-state index contributed by atoms with van der Waals surface area (Å²) in [6, 6.07) is 6.03. The molecule has 104 valence electrons. The van der Waals surface area contributed by atoms with Crippen molar-refractivity contribution in [2.75, 3.05) is 5.75 Å². The van der Waals surface area contributed by atoms with E-state index in [9.17, 15) is 8.42 Å². The average molecular weight is 392 g/mol. The van der Waals surface area contributed by atoms with E-state index in [2.05, 4.69) is 27.7 Å². The van der Waals surface area contributed by atoms with Crippen LogP contribution < -0.4 is 0 Å². The molecule has 0 bridgehead atoms. The van der Waals surface area contributed by atoms with Gasteiger partial charge in [0.05, 0.1) is 28.8 Å². The van der Waals surface area contributed by atoms with E-state index in [0.29, 0.717) is 6.54 Å². The molecular weight excluding hydrogens is 375 g/mol. The van der Waals surface area contributed by atoms with Crippen LogP contribution in [0.1, 0.15) is 20.8 Å². The fourth-order valence-electron chi connectivity index (χ4n) is 1.73. The first-order chi connectivity index (χ1) is 8.71. The number of benzene rings is 1. The fraction of sp³-hybridized carbons (Fsp3) is 0.462. The lowest BCUT2D eigenvalue weighted by Crippen LogP contribution is -2.32. The van der Waals surface area contributed by atoms with Crippen molar-refractivity contribution in [2.24, 2.45) is 0 Å². The van der Waals surface area contributed by atoms with Crippen molar-refractivity contribution in [1.29, 1.82) is 0 Å². The van der Waals surface area contributed by atoms with Crippen molar-refractivity contribution in [1.82, 2.24) is 9.78 Å². The minimum atomic E-state index is -3.12. The summed E-state index contributed by atoms with van der Waals surface area (Å²) in [5, 5.41) is 5.31. The van der Waals surface area contributed by atoms with Crippen LogP contribution in [0, 0.1) is 3.57 Å². The lowest BCUT2D eigenvalue weighted by Gasteiger charge is -2.19. The van der Waals surface area contributed by atoms with Gasteiger partial charge in [-0.1, -0.05) is 6.07 Å². The molecule has 0 aliphatic heterocycles. The van der Waals surface area contributed by atoms with Gasteiger partial charge in [-0.25, -0.2) is 8.42 Å². The third-order valence-corrected chi connectivity index (χ3v) is 6.37. The molecule has 6 heteroatoms. The second kappa shape index (κ2) is 5.05. The van der Waals surface area contributed by atoms with Crippen LogP contribution in [-0.2, 0) is 16.4 Å². The molecule has 2 rings (SSSR count). The molecule has 0 radical (unpaired) electrons. The largest absolute Gasteiger partial charge is 0.264 e. The van der Waals surface area contributed by atoms with Gasteiger partial charge in [-0.3, -0.25) is 4.68 Å². The van der Waals surface area contributed by atoms with E-state index in [1.807, 2.05) is 18.2 Å². The molecule has 0 unspecified atom stereocenters. The summed E-state index contributed by atoms with van der Waals surface area (Å²) in [7, 11) is -3.12. The summed E-state index contributed by atoms with van der Waals surface area (Å²) in [5.74, 6) is 0.110. The Labute approximate surface area is 127 Å². The van der Waals surface area contributed by atoms with Crippen LogP contribution in [0.25, 0.3) is 10.9 Å². The summed E-state index contributed by atoms with van der Waals surface area (Å²) in [5.41, 5.74) is 0.982. The van der Waals surface area contributed by atoms with Gasteiger partial charge in [0.1, 0.15) is 0 Å². The van der Waals surface area contributed by atoms with Gasteiger partial charge in [0.2, 0.25) is 0 Å². The highest BCUT2D eigenvalue weighted by atomic mass is 127. The second-order valence-electron chi connectivity index (χ2n) is 5.50. The van der Waals surface area contributed by atoms with E-state index in [1.54, 1.807) is 31.6 Å². The highest BCUT2D eigenvalue weighted by Crippen LogP contribution is 2.19. The first kappa shape index (κ1) is 14.8. The predicted molar refractivity (Wildman–Crippen MR) is 86.0 cm³/mol. The van der Waals surface area contributed by atoms with Gasteiger partial charge in [0.25, 0.3) is 0 Å². The van der Waals surface area contributed by atoms with Crippen LogP contribution >= 0.6 is 22.6 Å². The van der Waals surface area contributed by atoms with Crippen LogP contribution in [0.2, 0.25) is 0 Å². The number of aromatic nitrogens is 2. The molecular formula is C13H17IN2O2S. The monoisotopic (exact) mass is 392 g/mol. The van der Waals surface area contributed by atoms with Crippen molar-refractivity contribution in [2.45, 2.75) is 32.1 Å². The first-order valence-electron chi connectivity index (χ1n) is 6.04. The topological polar surface area (TPSA) is 52.0 Å². The molecule has 0 saturated carbocycles. The molecule has 0 N–H and O–H groups in total. The van der Waals surface area contributed by atoms with Gasteiger partial charge in [0, 0.05) is 8.96 Å². The van der Waals surface area contributed by atoms with Crippen molar-refractivity contribution in [3.63, 3.8) is 0 Å². The molecule has 1 aromatic carbocycles. The molecule has 0 spiro atoms. The minimum absolute atomic E-state index is 0.110. The van der Waals surface area contributed by atoms with Gasteiger partial charge in [0.15, 0.2) is 9.84 Å². The number of sulfone groups is 1. The van der Waals surface area contributed by atoms with E-state index in [1.165, 1.54) is 0 Å². The Morgan fingerprint density at radius 3 is 2.63 bits per heavy atom. The average Bonchev–Trinajstić information content (AvgIpc) is 2.67.